The van der Waals surface area contributed by atoms with Crippen LogP contribution in [0.3, 0.4) is 0 Å². The van der Waals surface area contributed by atoms with E-state index in [1.807, 2.05) is 32.2 Å². The first-order chi connectivity index (χ1) is 16.0. The first-order valence-corrected chi connectivity index (χ1v) is 11.4. The van der Waals surface area contributed by atoms with E-state index in [0.29, 0.717) is 27.9 Å². The van der Waals surface area contributed by atoms with Gasteiger partial charge < -0.3 is 25.3 Å². The Bertz CT molecular complexity index is 1290. The van der Waals surface area contributed by atoms with Crippen molar-refractivity contribution in [2.24, 2.45) is 7.05 Å². The Balaban J connectivity index is 1.63. The summed E-state index contributed by atoms with van der Waals surface area (Å²) in [4.78, 5) is 2.13. The fourth-order valence-electron chi connectivity index (χ4n) is 4.57. The summed E-state index contributed by atoms with van der Waals surface area (Å²) in [7, 11) is 3.54. The van der Waals surface area contributed by atoms with E-state index in [1.54, 1.807) is 0 Å². The number of anilines is 1. The lowest BCUT2D eigenvalue weighted by atomic mass is 9.86. The van der Waals surface area contributed by atoms with Gasteiger partial charge in [-0.1, -0.05) is 29.4 Å². The molecule has 0 spiro atoms. The molecule has 1 aliphatic carbocycles. The maximum atomic E-state index is 10.9. The highest BCUT2D eigenvalue weighted by Gasteiger charge is 2.42. The topological polar surface area (TPSA) is 94.0 Å². The Hall–Kier alpha value is -3.74. The molecule has 3 aromatic rings. The van der Waals surface area contributed by atoms with Crippen LogP contribution in [0.4, 0.5) is 5.69 Å². The van der Waals surface area contributed by atoms with E-state index in [9.17, 15) is 20.4 Å². The van der Waals surface area contributed by atoms with E-state index in [1.165, 1.54) is 27.3 Å². The number of benzene rings is 1. The van der Waals surface area contributed by atoms with Gasteiger partial charge in [0.2, 0.25) is 23.5 Å². The van der Waals surface area contributed by atoms with Gasteiger partial charge in [-0.3, -0.25) is 9.13 Å². The van der Waals surface area contributed by atoms with Crippen LogP contribution in [-0.4, -0.2) is 43.2 Å². The second-order valence-corrected chi connectivity index (χ2v) is 9.41. The summed E-state index contributed by atoms with van der Waals surface area (Å²) in [5.74, 6) is -0.645. The molecule has 0 bridgehead atoms. The molecule has 180 valence electrons. The Morgan fingerprint density at radius 3 is 2.00 bits per heavy atom. The van der Waals surface area contributed by atoms with E-state index >= 15 is 0 Å². The zero-order valence-corrected chi connectivity index (χ0v) is 20.6. The molecular weight excluding hydrogens is 430 g/mol. The standard InChI is InChI=1S/C27H33N3O4/c1-15(2)8-7-9-16(3)12-13-28(5)19-14-18(11-10-17(19)4)30-26(33)22-20-21(23(22)27(30)34)25(32)29(6)24(20)31/h8,10-12,14,31-34H,7,9,13H2,1-6H3. The number of aryl methyl sites for hydroxylation is 1. The fourth-order valence-corrected chi connectivity index (χ4v) is 4.57. The normalized spacial score (nSPS) is 12.2. The minimum Gasteiger partial charge on any atom is -0.494 e. The Morgan fingerprint density at radius 2 is 1.44 bits per heavy atom. The average Bonchev–Trinajstić information content (AvgIpc) is 3.07. The highest BCUT2D eigenvalue weighted by molar-refractivity contribution is 6.12. The fraction of sp³-hybridized carbons (Fsp3) is 0.333. The summed E-state index contributed by atoms with van der Waals surface area (Å²) in [6, 6.07) is 5.70. The molecule has 2 aromatic heterocycles. The van der Waals surface area contributed by atoms with Crippen molar-refractivity contribution >= 4 is 5.69 Å². The molecule has 0 saturated heterocycles. The molecule has 0 amide bonds. The molecule has 2 heterocycles. The number of rotatable bonds is 7. The first-order valence-electron chi connectivity index (χ1n) is 11.4. The monoisotopic (exact) mass is 463 g/mol. The van der Waals surface area contributed by atoms with Gasteiger partial charge in [-0.2, -0.15) is 0 Å². The van der Waals surface area contributed by atoms with Crippen molar-refractivity contribution in [1.29, 1.82) is 0 Å². The molecular formula is C27H33N3O4. The smallest absolute Gasteiger partial charge is 0.207 e. The number of allylic oxidation sites excluding steroid dienone is 3. The highest BCUT2D eigenvalue weighted by Crippen LogP contribution is 2.65. The van der Waals surface area contributed by atoms with E-state index in [-0.39, 0.29) is 23.5 Å². The lowest BCUT2D eigenvalue weighted by molar-refractivity contribution is 0.387. The van der Waals surface area contributed by atoms with Gasteiger partial charge in [0.25, 0.3) is 0 Å². The van der Waals surface area contributed by atoms with E-state index < -0.39 is 0 Å². The van der Waals surface area contributed by atoms with Gasteiger partial charge in [0.05, 0.1) is 27.9 Å². The number of nitrogens with zero attached hydrogens (tertiary/aromatic N) is 3. The third kappa shape index (κ3) is 3.61. The minimum absolute atomic E-state index is 0.150. The van der Waals surface area contributed by atoms with Crippen molar-refractivity contribution in [3.05, 3.63) is 47.1 Å². The van der Waals surface area contributed by atoms with Gasteiger partial charge in [0.1, 0.15) is 0 Å². The third-order valence-corrected chi connectivity index (χ3v) is 6.62. The molecule has 4 rings (SSSR count). The molecule has 1 aliphatic rings. The number of aromatic nitrogens is 2. The maximum absolute atomic E-state index is 10.9. The largest absolute Gasteiger partial charge is 0.494 e. The van der Waals surface area contributed by atoms with Crippen molar-refractivity contribution in [2.75, 3.05) is 18.5 Å². The lowest BCUT2D eigenvalue weighted by Crippen LogP contribution is -2.18. The number of hydrogen-bond donors (Lipinski definition) is 4. The average molecular weight is 464 g/mol. The van der Waals surface area contributed by atoms with Crippen LogP contribution < -0.4 is 4.90 Å². The van der Waals surface area contributed by atoms with Gasteiger partial charge in [-0.15, -0.1) is 0 Å². The van der Waals surface area contributed by atoms with Crippen LogP contribution in [0.25, 0.3) is 27.9 Å². The Morgan fingerprint density at radius 1 is 0.882 bits per heavy atom. The van der Waals surface area contributed by atoms with Crippen molar-refractivity contribution < 1.29 is 20.4 Å². The molecule has 34 heavy (non-hydrogen) atoms. The summed E-state index contributed by atoms with van der Waals surface area (Å²) < 4.78 is 2.57. The molecule has 0 atom stereocenters. The molecule has 7 heteroatoms. The van der Waals surface area contributed by atoms with Gasteiger partial charge in [0, 0.05) is 26.3 Å². The molecule has 1 aromatic carbocycles. The van der Waals surface area contributed by atoms with Crippen molar-refractivity contribution in [3.63, 3.8) is 0 Å². The molecule has 0 aliphatic heterocycles. The van der Waals surface area contributed by atoms with E-state index in [4.69, 9.17) is 0 Å². The lowest BCUT2D eigenvalue weighted by Gasteiger charge is -2.22. The SMILES string of the molecule is CC(C)=CCCC(C)=CCN(C)c1cc(-n2c(O)c3c(c2O)-c2c-3c(O)n(C)c2O)ccc1C. The van der Waals surface area contributed by atoms with E-state index in [2.05, 4.69) is 37.8 Å². The van der Waals surface area contributed by atoms with Crippen LogP contribution in [0.1, 0.15) is 39.2 Å². The second-order valence-electron chi connectivity index (χ2n) is 9.41. The van der Waals surface area contributed by atoms with Gasteiger partial charge in [-0.05, 0) is 58.2 Å². The van der Waals surface area contributed by atoms with Crippen LogP contribution in [0, 0.1) is 6.92 Å². The van der Waals surface area contributed by atoms with Crippen molar-refractivity contribution in [3.8, 4) is 51.5 Å². The molecule has 0 radical (unpaired) electrons. The summed E-state index contributed by atoms with van der Waals surface area (Å²) in [6.07, 6.45) is 6.53. The Labute approximate surface area is 200 Å². The predicted octanol–water partition coefficient (Wildman–Crippen LogP) is 5.72. The number of hydrogen-bond acceptors (Lipinski definition) is 5. The second kappa shape index (κ2) is 8.56. The van der Waals surface area contributed by atoms with Crippen LogP contribution in [-0.2, 0) is 7.05 Å². The maximum Gasteiger partial charge on any atom is 0.207 e. The van der Waals surface area contributed by atoms with Crippen molar-refractivity contribution in [1.82, 2.24) is 9.13 Å². The number of likely N-dealkylation sites (N-methyl/N-ethyl adjacent to an activating group) is 1. The molecule has 7 nitrogen and oxygen atoms in total. The summed E-state index contributed by atoms with van der Waals surface area (Å²) in [6.45, 7) is 9.13. The molecule has 0 saturated carbocycles. The number of fused-ring (bicyclic) bond motifs is 4. The quantitative estimate of drug-likeness (QED) is 0.263. The zero-order chi connectivity index (χ0) is 24.9. The minimum atomic E-state index is -0.173. The third-order valence-electron chi connectivity index (χ3n) is 6.62. The molecule has 0 unspecified atom stereocenters. The summed E-state index contributed by atoms with van der Waals surface area (Å²) in [5.41, 5.74) is 6.67. The number of aromatic hydroxyl groups is 4. The van der Waals surface area contributed by atoms with Crippen molar-refractivity contribution in [2.45, 2.75) is 40.5 Å². The van der Waals surface area contributed by atoms with Crippen LogP contribution >= 0.6 is 0 Å². The van der Waals surface area contributed by atoms with Crippen LogP contribution in [0.5, 0.6) is 23.5 Å². The van der Waals surface area contributed by atoms with Crippen LogP contribution in [0.15, 0.2) is 41.5 Å². The Kier molecular flexibility index (Phi) is 5.89. The highest BCUT2D eigenvalue weighted by atomic mass is 16.3. The van der Waals surface area contributed by atoms with Crippen LogP contribution in [0.2, 0.25) is 0 Å². The van der Waals surface area contributed by atoms with Gasteiger partial charge >= 0.3 is 0 Å². The zero-order valence-electron chi connectivity index (χ0n) is 20.6. The van der Waals surface area contributed by atoms with Gasteiger partial charge in [0.15, 0.2) is 0 Å². The molecule has 4 N–H and O–H groups in total. The van der Waals surface area contributed by atoms with E-state index in [0.717, 1.165) is 30.6 Å². The summed E-state index contributed by atoms with van der Waals surface area (Å²) in [5, 5.41) is 42.5. The molecule has 0 fully saturated rings. The summed E-state index contributed by atoms with van der Waals surface area (Å²) >= 11 is 0. The van der Waals surface area contributed by atoms with Gasteiger partial charge in [-0.25, -0.2) is 0 Å². The predicted molar refractivity (Wildman–Crippen MR) is 136 cm³/mol. The first kappa shape index (κ1) is 23.4.